The lowest BCUT2D eigenvalue weighted by Crippen LogP contribution is -2.35. The van der Waals surface area contributed by atoms with Crippen LogP contribution in [-0.4, -0.2) is 31.6 Å². The highest BCUT2D eigenvalue weighted by molar-refractivity contribution is 5.82. The summed E-state index contributed by atoms with van der Waals surface area (Å²) >= 11 is 0. The number of Topliss-reactive ketones (excluding diaryl/α,β-unsaturated/α-hetero) is 1. The molecule has 1 N–H and O–H groups in total. The minimum Gasteiger partial charge on any atom is -0.381 e. The Morgan fingerprint density at radius 2 is 2.36 bits per heavy atom. The Kier molecular flexibility index (Phi) is 1.69. The highest BCUT2D eigenvalue weighted by atomic mass is 16.5. The molecule has 3 nitrogen and oxygen atoms in total. The predicted molar refractivity (Wildman–Crippen MR) is 40.3 cm³/mol. The van der Waals surface area contributed by atoms with Crippen LogP contribution in [0.1, 0.15) is 6.92 Å². The monoisotopic (exact) mass is 155 g/mol. The molecule has 0 aromatic heterocycles. The van der Waals surface area contributed by atoms with E-state index in [4.69, 9.17) is 4.74 Å². The van der Waals surface area contributed by atoms with Gasteiger partial charge in [-0.3, -0.25) is 4.79 Å². The van der Waals surface area contributed by atoms with Gasteiger partial charge in [-0.15, -0.1) is 0 Å². The molecule has 3 unspecified atom stereocenters. The summed E-state index contributed by atoms with van der Waals surface area (Å²) in [6, 6.07) is 0.0718. The van der Waals surface area contributed by atoms with Gasteiger partial charge >= 0.3 is 0 Å². The second-order valence-electron chi connectivity index (χ2n) is 3.46. The van der Waals surface area contributed by atoms with Gasteiger partial charge in [-0.2, -0.15) is 0 Å². The Bertz CT molecular complexity index is 181. The van der Waals surface area contributed by atoms with Crippen LogP contribution in [0.25, 0.3) is 0 Å². The lowest BCUT2D eigenvalue weighted by atomic mass is 9.92. The SMILES string of the molecule is CC(=O)C1NCC2COCC21. The molecule has 2 aliphatic heterocycles. The molecule has 0 aromatic rings. The van der Waals surface area contributed by atoms with Crippen molar-refractivity contribution in [2.75, 3.05) is 19.8 Å². The van der Waals surface area contributed by atoms with Gasteiger partial charge in [-0.25, -0.2) is 0 Å². The van der Waals surface area contributed by atoms with Crippen LogP contribution in [-0.2, 0) is 9.53 Å². The van der Waals surface area contributed by atoms with Crippen molar-refractivity contribution in [3.63, 3.8) is 0 Å². The van der Waals surface area contributed by atoms with E-state index in [1.165, 1.54) is 0 Å². The first-order valence-electron chi connectivity index (χ1n) is 4.10. The maximum absolute atomic E-state index is 11.1. The lowest BCUT2D eigenvalue weighted by molar-refractivity contribution is -0.119. The van der Waals surface area contributed by atoms with Gasteiger partial charge in [-0.05, 0) is 6.92 Å². The molecule has 2 heterocycles. The standard InChI is InChI=1S/C8H13NO2/c1-5(10)8-7-4-11-3-6(7)2-9-8/h6-9H,2-4H2,1H3. The molecule has 3 atom stereocenters. The Morgan fingerprint density at radius 3 is 3.09 bits per heavy atom. The number of ether oxygens (including phenoxy) is 1. The zero-order valence-electron chi connectivity index (χ0n) is 6.67. The maximum atomic E-state index is 11.1. The molecule has 0 spiro atoms. The number of hydrogen-bond acceptors (Lipinski definition) is 3. The minimum absolute atomic E-state index is 0.0718. The summed E-state index contributed by atoms with van der Waals surface area (Å²) in [5.41, 5.74) is 0. The number of nitrogens with one attached hydrogen (secondary N) is 1. The topological polar surface area (TPSA) is 38.3 Å². The number of carbonyl (C=O) groups excluding carboxylic acids is 1. The van der Waals surface area contributed by atoms with Gasteiger partial charge in [0.15, 0.2) is 0 Å². The lowest BCUT2D eigenvalue weighted by Gasteiger charge is -2.12. The first-order valence-corrected chi connectivity index (χ1v) is 4.10. The fraction of sp³-hybridized carbons (Fsp3) is 0.875. The molecule has 0 amide bonds. The third kappa shape index (κ3) is 1.08. The van der Waals surface area contributed by atoms with Crippen molar-refractivity contribution in [3.05, 3.63) is 0 Å². The second-order valence-corrected chi connectivity index (χ2v) is 3.46. The maximum Gasteiger partial charge on any atom is 0.147 e. The molecule has 3 heteroatoms. The number of rotatable bonds is 1. The average Bonchev–Trinajstić information content (AvgIpc) is 2.41. The summed E-state index contributed by atoms with van der Waals surface area (Å²) < 4.78 is 5.30. The third-order valence-corrected chi connectivity index (χ3v) is 2.71. The van der Waals surface area contributed by atoms with Crippen LogP contribution in [0.15, 0.2) is 0 Å². The number of hydrogen-bond donors (Lipinski definition) is 1. The van der Waals surface area contributed by atoms with Crippen LogP contribution >= 0.6 is 0 Å². The minimum atomic E-state index is 0.0718. The van der Waals surface area contributed by atoms with E-state index < -0.39 is 0 Å². The summed E-state index contributed by atoms with van der Waals surface area (Å²) in [6.45, 7) is 4.20. The van der Waals surface area contributed by atoms with E-state index in [9.17, 15) is 4.79 Å². The van der Waals surface area contributed by atoms with Crippen LogP contribution in [0.3, 0.4) is 0 Å². The Labute approximate surface area is 66.1 Å². The van der Waals surface area contributed by atoms with Crippen molar-refractivity contribution >= 4 is 5.78 Å². The first-order chi connectivity index (χ1) is 5.29. The van der Waals surface area contributed by atoms with E-state index in [-0.39, 0.29) is 11.8 Å². The molecule has 0 saturated carbocycles. The van der Waals surface area contributed by atoms with E-state index in [0.29, 0.717) is 11.8 Å². The van der Waals surface area contributed by atoms with Gasteiger partial charge in [0.1, 0.15) is 5.78 Å². The Balaban J connectivity index is 2.08. The van der Waals surface area contributed by atoms with Crippen molar-refractivity contribution in [3.8, 4) is 0 Å². The molecule has 2 aliphatic rings. The number of carbonyl (C=O) groups is 1. The van der Waals surface area contributed by atoms with Gasteiger partial charge in [0, 0.05) is 18.4 Å². The van der Waals surface area contributed by atoms with E-state index in [2.05, 4.69) is 5.32 Å². The molecule has 2 saturated heterocycles. The molecule has 2 fully saturated rings. The predicted octanol–water partition coefficient (Wildman–Crippen LogP) is -0.190. The third-order valence-electron chi connectivity index (χ3n) is 2.71. The highest BCUT2D eigenvalue weighted by Gasteiger charge is 2.41. The van der Waals surface area contributed by atoms with Gasteiger partial charge in [0.05, 0.1) is 19.3 Å². The number of fused-ring (bicyclic) bond motifs is 1. The van der Waals surface area contributed by atoms with Gasteiger partial charge in [-0.1, -0.05) is 0 Å². The van der Waals surface area contributed by atoms with Crippen LogP contribution in [0.4, 0.5) is 0 Å². The van der Waals surface area contributed by atoms with Crippen molar-refractivity contribution in [1.29, 1.82) is 0 Å². The highest BCUT2D eigenvalue weighted by Crippen LogP contribution is 2.28. The molecule has 2 rings (SSSR count). The number of ketones is 1. The van der Waals surface area contributed by atoms with Crippen molar-refractivity contribution < 1.29 is 9.53 Å². The average molecular weight is 155 g/mol. The van der Waals surface area contributed by atoms with Crippen LogP contribution in [0.5, 0.6) is 0 Å². The fourth-order valence-corrected chi connectivity index (χ4v) is 2.07. The summed E-state index contributed by atoms with van der Waals surface area (Å²) in [5.74, 6) is 1.29. The molecular weight excluding hydrogens is 142 g/mol. The smallest absolute Gasteiger partial charge is 0.147 e. The summed E-state index contributed by atoms with van der Waals surface area (Å²) in [7, 11) is 0. The Morgan fingerprint density at radius 1 is 1.55 bits per heavy atom. The molecule has 0 aliphatic carbocycles. The molecule has 0 bridgehead atoms. The van der Waals surface area contributed by atoms with E-state index >= 15 is 0 Å². The largest absolute Gasteiger partial charge is 0.381 e. The van der Waals surface area contributed by atoms with Gasteiger partial charge < -0.3 is 10.1 Å². The second kappa shape index (κ2) is 2.57. The molecule has 0 radical (unpaired) electrons. The summed E-state index contributed by atoms with van der Waals surface area (Å²) in [4.78, 5) is 11.1. The molecule has 0 aromatic carbocycles. The van der Waals surface area contributed by atoms with Crippen LogP contribution in [0.2, 0.25) is 0 Å². The Hall–Kier alpha value is -0.410. The van der Waals surface area contributed by atoms with E-state index in [1.807, 2.05) is 0 Å². The molecular formula is C8H13NO2. The van der Waals surface area contributed by atoms with Crippen molar-refractivity contribution in [2.45, 2.75) is 13.0 Å². The van der Waals surface area contributed by atoms with Crippen molar-refractivity contribution in [2.24, 2.45) is 11.8 Å². The first kappa shape index (κ1) is 7.25. The molecule has 11 heavy (non-hydrogen) atoms. The quantitative estimate of drug-likeness (QED) is 0.570. The van der Waals surface area contributed by atoms with Gasteiger partial charge in [0.2, 0.25) is 0 Å². The summed E-state index contributed by atoms with van der Waals surface area (Å²) in [5, 5.41) is 3.23. The van der Waals surface area contributed by atoms with Crippen molar-refractivity contribution in [1.82, 2.24) is 5.32 Å². The van der Waals surface area contributed by atoms with Gasteiger partial charge in [0.25, 0.3) is 0 Å². The zero-order chi connectivity index (χ0) is 7.84. The van der Waals surface area contributed by atoms with Crippen LogP contribution < -0.4 is 5.32 Å². The molecule has 62 valence electrons. The normalized spacial score (nSPS) is 42.5. The van der Waals surface area contributed by atoms with E-state index in [1.54, 1.807) is 6.92 Å². The van der Waals surface area contributed by atoms with Crippen LogP contribution in [0, 0.1) is 11.8 Å². The summed E-state index contributed by atoms with van der Waals surface area (Å²) in [6.07, 6.45) is 0. The van der Waals surface area contributed by atoms with E-state index in [0.717, 1.165) is 19.8 Å². The zero-order valence-corrected chi connectivity index (χ0v) is 6.67. The fourth-order valence-electron chi connectivity index (χ4n) is 2.07.